The number of hydrogen-bond donors (Lipinski definition) is 1. The first-order valence-electron chi connectivity index (χ1n) is 7.67. The van der Waals surface area contributed by atoms with Crippen LogP contribution in [0.5, 0.6) is 0 Å². The number of nitrogens with zero attached hydrogens (tertiary/aromatic N) is 1. The molecule has 1 rings (SSSR count). The summed E-state index contributed by atoms with van der Waals surface area (Å²) in [4.78, 5) is 1.99. The number of alkyl halides is 3. The molecule has 20 heavy (non-hydrogen) atoms. The molecule has 2 unspecified atom stereocenters. The first-order valence-corrected chi connectivity index (χ1v) is 7.67. The van der Waals surface area contributed by atoms with Gasteiger partial charge in [-0.2, -0.15) is 13.2 Å². The molecule has 0 radical (unpaired) electrons. The molecule has 0 spiro atoms. The molecule has 5 heteroatoms. The molecule has 0 amide bonds. The molecule has 1 aliphatic rings. The average Bonchev–Trinajstić information content (AvgIpc) is 2.32. The lowest BCUT2D eigenvalue weighted by Crippen LogP contribution is -2.52. The van der Waals surface area contributed by atoms with Crippen molar-refractivity contribution in [3.8, 4) is 0 Å². The quantitative estimate of drug-likeness (QED) is 0.832. The summed E-state index contributed by atoms with van der Waals surface area (Å²) in [6.07, 6.45) is -2.08. The topological polar surface area (TPSA) is 15.3 Å². The maximum Gasteiger partial charge on any atom is 0.393 e. The van der Waals surface area contributed by atoms with Gasteiger partial charge < -0.3 is 10.2 Å². The summed E-state index contributed by atoms with van der Waals surface area (Å²) in [5, 5.41) is 3.49. The van der Waals surface area contributed by atoms with Crippen LogP contribution >= 0.6 is 0 Å². The fourth-order valence-electron chi connectivity index (χ4n) is 2.71. The van der Waals surface area contributed by atoms with Gasteiger partial charge in [0.2, 0.25) is 0 Å². The maximum absolute atomic E-state index is 12.8. The Hall–Kier alpha value is -0.290. The van der Waals surface area contributed by atoms with Gasteiger partial charge in [-0.15, -0.1) is 0 Å². The van der Waals surface area contributed by atoms with Crippen molar-refractivity contribution in [3.05, 3.63) is 0 Å². The van der Waals surface area contributed by atoms with E-state index >= 15 is 0 Å². The van der Waals surface area contributed by atoms with Gasteiger partial charge in [0.1, 0.15) is 0 Å². The van der Waals surface area contributed by atoms with Gasteiger partial charge in [0.05, 0.1) is 5.92 Å². The maximum atomic E-state index is 12.8. The van der Waals surface area contributed by atoms with Crippen LogP contribution in [-0.2, 0) is 0 Å². The van der Waals surface area contributed by atoms with E-state index in [1.54, 1.807) is 0 Å². The molecule has 1 N–H and O–H groups in total. The van der Waals surface area contributed by atoms with Crippen molar-refractivity contribution in [3.63, 3.8) is 0 Å². The minimum atomic E-state index is -4.05. The molecule has 0 aromatic carbocycles. The summed E-state index contributed by atoms with van der Waals surface area (Å²) in [5.41, 5.74) is 0.0559. The lowest BCUT2D eigenvalue weighted by atomic mass is 9.85. The molecule has 1 aliphatic heterocycles. The standard InChI is InChI=1S/C15H29F3N2/c1-5-8-19-13(14(2,3)4)11-20-9-6-7-12(10-20)15(16,17)18/h12-13,19H,5-11H2,1-4H3. The Morgan fingerprint density at radius 2 is 1.90 bits per heavy atom. The largest absolute Gasteiger partial charge is 0.393 e. The number of hydrogen-bond acceptors (Lipinski definition) is 2. The molecule has 2 atom stereocenters. The zero-order chi connectivity index (χ0) is 15.4. The monoisotopic (exact) mass is 294 g/mol. The normalized spacial score (nSPS) is 23.9. The Kier molecular flexibility index (Phi) is 6.32. The zero-order valence-corrected chi connectivity index (χ0v) is 13.2. The van der Waals surface area contributed by atoms with Crippen molar-refractivity contribution >= 4 is 0 Å². The highest BCUT2D eigenvalue weighted by molar-refractivity contribution is 4.86. The lowest BCUT2D eigenvalue weighted by Gasteiger charge is -2.40. The Morgan fingerprint density at radius 1 is 1.25 bits per heavy atom. The molecular weight excluding hydrogens is 265 g/mol. The third-order valence-corrected chi connectivity index (χ3v) is 4.10. The number of halogens is 3. The van der Waals surface area contributed by atoms with E-state index in [9.17, 15) is 13.2 Å². The SMILES string of the molecule is CCCNC(CN1CCCC(C(F)(F)F)C1)C(C)(C)C. The molecular formula is C15H29F3N2. The number of likely N-dealkylation sites (tertiary alicyclic amines) is 1. The summed E-state index contributed by atoms with van der Waals surface area (Å²) in [7, 11) is 0. The van der Waals surface area contributed by atoms with Gasteiger partial charge >= 0.3 is 6.18 Å². The van der Waals surface area contributed by atoms with Crippen LogP contribution < -0.4 is 5.32 Å². The first-order chi connectivity index (χ1) is 9.14. The second-order valence-electron chi connectivity index (χ2n) is 7.01. The fourth-order valence-corrected chi connectivity index (χ4v) is 2.71. The van der Waals surface area contributed by atoms with E-state index in [-0.39, 0.29) is 24.4 Å². The molecule has 1 saturated heterocycles. The van der Waals surface area contributed by atoms with Gasteiger partial charge in [-0.3, -0.25) is 0 Å². The van der Waals surface area contributed by atoms with Crippen LogP contribution in [0.3, 0.4) is 0 Å². The molecule has 0 aliphatic carbocycles. The highest BCUT2D eigenvalue weighted by Gasteiger charge is 2.42. The first kappa shape index (κ1) is 17.8. The fraction of sp³-hybridized carbons (Fsp3) is 1.00. The highest BCUT2D eigenvalue weighted by atomic mass is 19.4. The van der Waals surface area contributed by atoms with E-state index in [0.29, 0.717) is 13.0 Å². The molecule has 1 fully saturated rings. The molecule has 1 heterocycles. The van der Waals surface area contributed by atoms with Gasteiger partial charge in [-0.1, -0.05) is 27.7 Å². The average molecular weight is 294 g/mol. The highest BCUT2D eigenvalue weighted by Crippen LogP contribution is 2.33. The van der Waals surface area contributed by atoms with E-state index in [1.165, 1.54) is 0 Å². The number of nitrogens with one attached hydrogen (secondary N) is 1. The van der Waals surface area contributed by atoms with Crippen LogP contribution in [0.4, 0.5) is 13.2 Å². The predicted molar refractivity (Wildman–Crippen MR) is 76.8 cm³/mol. The Morgan fingerprint density at radius 3 is 2.40 bits per heavy atom. The van der Waals surface area contributed by atoms with Crippen LogP contribution in [0, 0.1) is 11.3 Å². The second-order valence-corrected chi connectivity index (χ2v) is 7.01. The summed E-state index contributed by atoms with van der Waals surface area (Å²) in [5.74, 6) is -1.15. The molecule has 0 aromatic rings. The molecule has 2 nitrogen and oxygen atoms in total. The van der Waals surface area contributed by atoms with Crippen LogP contribution in [0.15, 0.2) is 0 Å². The Balaban J connectivity index is 2.59. The van der Waals surface area contributed by atoms with E-state index < -0.39 is 12.1 Å². The molecule has 120 valence electrons. The van der Waals surface area contributed by atoms with Crippen molar-refractivity contribution < 1.29 is 13.2 Å². The van der Waals surface area contributed by atoms with Crippen molar-refractivity contribution in [1.82, 2.24) is 10.2 Å². The van der Waals surface area contributed by atoms with Crippen molar-refractivity contribution in [2.24, 2.45) is 11.3 Å². The van der Waals surface area contributed by atoms with Crippen molar-refractivity contribution in [1.29, 1.82) is 0 Å². The van der Waals surface area contributed by atoms with Crippen LogP contribution in [0.2, 0.25) is 0 Å². The van der Waals surface area contributed by atoms with E-state index in [0.717, 1.165) is 19.5 Å². The van der Waals surface area contributed by atoms with Crippen molar-refractivity contribution in [2.45, 2.75) is 59.2 Å². The van der Waals surface area contributed by atoms with Crippen LogP contribution in [0.25, 0.3) is 0 Å². The smallest absolute Gasteiger partial charge is 0.312 e. The molecule has 0 saturated carbocycles. The van der Waals surface area contributed by atoms with Crippen molar-refractivity contribution in [2.75, 3.05) is 26.2 Å². The van der Waals surface area contributed by atoms with E-state index in [1.807, 2.05) is 4.90 Å². The number of rotatable bonds is 5. The van der Waals surface area contributed by atoms with Gasteiger partial charge in [0.25, 0.3) is 0 Å². The van der Waals surface area contributed by atoms with Crippen LogP contribution in [0.1, 0.15) is 47.0 Å². The van der Waals surface area contributed by atoms with Gasteiger partial charge in [0, 0.05) is 19.1 Å². The Labute approximate surface area is 121 Å². The predicted octanol–water partition coefficient (Wildman–Crippen LogP) is 3.68. The third kappa shape index (κ3) is 5.60. The zero-order valence-electron chi connectivity index (χ0n) is 13.2. The minimum absolute atomic E-state index is 0.0559. The minimum Gasteiger partial charge on any atom is -0.312 e. The van der Waals surface area contributed by atoms with Gasteiger partial charge in [-0.05, 0) is 37.8 Å². The second kappa shape index (κ2) is 7.12. The summed E-state index contributed by atoms with van der Waals surface area (Å²) in [6, 6.07) is 0.231. The molecule has 0 aromatic heterocycles. The summed E-state index contributed by atoms with van der Waals surface area (Å²) in [6.45, 7) is 11.1. The van der Waals surface area contributed by atoms with Crippen LogP contribution in [-0.4, -0.2) is 43.3 Å². The number of piperidine rings is 1. The summed E-state index contributed by atoms with van der Waals surface area (Å²) < 4.78 is 38.5. The van der Waals surface area contributed by atoms with E-state index in [2.05, 4.69) is 33.0 Å². The summed E-state index contributed by atoms with van der Waals surface area (Å²) >= 11 is 0. The Bertz CT molecular complexity index is 284. The third-order valence-electron chi connectivity index (χ3n) is 4.10. The lowest BCUT2D eigenvalue weighted by molar-refractivity contribution is -0.187. The van der Waals surface area contributed by atoms with Gasteiger partial charge in [0.15, 0.2) is 0 Å². The van der Waals surface area contributed by atoms with Gasteiger partial charge in [-0.25, -0.2) is 0 Å². The van der Waals surface area contributed by atoms with E-state index in [4.69, 9.17) is 0 Å². The molecule has 0 bridgehead atoms.